The van der Waals surface area contributed by atoms with Crippen LogP contribution in [-0.2, 0) is 7.05 Å². The highest BCUT2D eigenvalue weighted by molar-refractivity contribution is 9.10. The molecule has 6 nitrogen and oxygen atoms in total. The van der Waals surface area contributed by atoms with E-state index in [1.165, 1.54) is 10.6 Å². The van der Waals surface area contributed by atoms with Crippen molar-refractivity contribution in [3.8, 4) is 5.75 Å². The van der Waals surface area contributed by atoms with Gasteiger partial charge in [0.2, 0.25) is 0 Å². The molecule has 0 unspecified atom stereocenters. The minimum atomic E-state index is -0.350. The number of ether oxygens (including phenoxy) is 1. The van der Waals surface area contributed by atoms with Crippen molar-refractivity contribution in [3.05, 3.63) is 48.8 Å². The van der Waals surface area contributed by atoms with Crippen molar-refractivity contribution in [2.75, 3.05) is 19.0 Å². The van der Waals surface area contributed by atoms with Gasteiger partial charge in [-0.15, -0.1) is 0 Å². The number of carbonyl (C=O) groups excluding carboxylic acids is 1. The molecule has 8 heteroatoms. The van der Waals surface area contributed by atoms with Gasteiger partial charge < -0.3 is 10.1 Å². The Balaban J connectivity index is 2.23. The second-order valence-electron chi connectivity index (χ2n) is 4.96. The number of hydrogen-bond acceptors (Lipinski definition) is 5. The van der Waals surface area contributed by atoms with Gasteiger partial charge >= 0.3 is 0 Å². The molecule has 0 spiro atoms. The maximum atomic E-state index is 12.4. The standard InChI is InChI=1S/C16H18BrN3O3S/c1-4-7-23-12-6-5-10(8-11(12)17)19-15(22)13-9-14(21)20(3)16(18-2)24-13/h5-6,8-9H,4,7H2,1-3H3,(H,19,22). The van der Waals surface area contributed by atoms with Gasteiger partial charge in [0, 0.05) is 25.8 Å². The van der Waals surface area contributed by atoms with Gasteiger partial charge in [-0.25, -0.2) is 0 Å². The molecule has 0 bridgehead atoms. The lowest BCUT2D eigenvalue weighted by atomic mass is 10.3. The zero-order valence-corrected chi connectivity index (χ0v) is 16.0. The summed E-state index contributed by atoms with van der Waals surface area (Å²) in [5.41, 5.74) is 0.336. The Morgan fingerprint density at radius 3 is 2.79 bits per heavy atom. The molecule has 2 rings (SSSR count). The molecule has 0 aliphatic carbocycles. The minimum absolute atomic E-state index is 0.274. The first-order valence-corrected chi connectivity index (χ1v) is 8.95. The zero-order chi connectivity index (χ0) is 17.7. The van der Waals surface area contributed by atoms with E-state index in [-0.39, 0.29) is 11.5 Å². The van der Waals surface area contributed by atoms with Crippen LogP contribution >= 0.6 is 27.3 Å². The predicted octanol–water partition coefficient (Wildman–Crippen LogP) is 2.78. The number of benzene rings is 1. The fraction of sp³-hybridized carbons (Fsp3) is 0.312. The lowest BCUT2D eigenvalue weighted by Crippen LogP contribution is -2.30. The normalized spacial score (nSPS) is 11.4. The first-order valence-electron chi connectivity index (χ1n) is 7.34. The molecule has 1 aromatic carbocycles. The fourth-order valence-corrected chi connectivity index (χ4v) is 3.22. The van der Waals surface area contributed by atoms with E-state index < -0.39 is 0 Å². The summed E-state index contributed by atoms with van der Waals surface area (Å²) in [6.45, 7) is 2.66. The highest BCUT2D eigenvalue weighted by Crippen LogP contribution is 2.28. The molecular formula is C16H18BrN3O3S. The van der Waals surface area contributed by atoms with Gasteiger partial charge in [-0.1, -0.05) is 18.3 Å². The van der Waals surface area contributed by atoms with E-state index in [2.05, 4.69) is 26.2 Å². The van der Waals surface area contributed by atoms with Gasteiger partial charge in [-0.05, 0) is 40.5 Å². The molecule has 1 N–H and O–H groups in total. The van der Waals surface area contributed by atoms with Gasteiger partial charge in [-0.2, -0.15) is 0 Å². The van der Waals surface area contributed by atoms with Crippen molar-refractivity contribution in [2.24, 2.45) is 12.0 Å². The van der Waals surface area contributed by atoms with E-state index in [1.54, 1.807) is 32.3 Å². The number of hydrogen-bond donors (Lipinski definition) is 1. The van der Waals surface area contributed by atoms with E-state index in [1.807, 2.05) is 6.92 Å². The molecule has 0 saturated heterocycles. The molecule has 0 radical (unpaired) electrons. The Bertz CT molecular complexity index is 874. The van der Waals surface area contributed by atoms with Crippen molar-refractivity contribution >= 4 is 38.9 Å². The van der Waals surface area contributed by atoms with Crippen LogP contribution in [0.2, 0.25) is 0 Å². The van der Waals surface area contributed by atoms with Gasteiger partial charge in [0.15, 0.2) is 4.80 Å². The number of anilines is 1. The average Bonchev–Trinajstić information content (AvgIpc) is 2.56. The zero-order valence-electron chi connectivity index (χ0n) is 13.6. The van der Waals surface area contributed by atoms with Crippen LogP contribution in [0.4, 0.5) is 5.69 Å². The summed E-state index contributed by atoms with van der Waals surface area (Å²) in [6, 6.07) is 6.61. The van der Waals surface area contributed by atoms with Gasteiger partial charge in [0.05, 0.1) is 11.1 Å². The Morgan fingerprint density at radius 1 is 1.42 bits per heavy atom. The van der Waals surface area contributed by atoms with Crippen LogP contribution in [0.1, 0.15) is 23.0 Å². The molecule has 0 fully saturated rings. The summed E-state index contributed by atoms with van der Waals surface area (Å²) in [7, 11) is 3.20. The summed E-state index contributed by atoms with van der Waals surface area (Å²) in [6.07, 6.45) is 0.917. The summed E-state index contributed by atoms with van der Waals surface area (Å²) in [4.78, 5) is 29.1. The maximum absolute atomic E-state index is 12.4. The third kappa shape index (κ3) is 4.33. The molecule has 128 valence electrons. The van der Waals surface area contributed by atoms with Crippen molar-refractivity contribution < 1.29 is 9.53 Å². The van der Waals surface area contributed by atoms with Crippen molar-refractivity contribution in [3.63, 3.8) is 0 Å². The molecule has 2 aromatic rings. The van der Waals surface area contributed by atoms with Crippen LogP contribution in [0.25, 0.3) is 0 Å². The van der Waals surface area contributed by atoms with E-state index >= 15 is 0 Å². The van der Waals surface area contributed by atoms with Crippen LogP contribution in [-0.4, -0.2) is 24.1 Å². The molecule has 0 saturated carbocycles. The first kappa shape index (κ1) is 18.4. The lowest BCUT2D eigenvalue weighted by Gasteiger charge is -2.10. The van der Waals surface area contributed by atoms with Gasteiger partial charge in [0.25, 0.3) is 11.5 Å². The fourth-order valence-electron chi connectivity index (χ4n) is 1.91. The molecule has 1 heterocycles. The monoisotopic (exact) mass is 411 g/mol. The Hall–Kier alpha value is -1.93. The minimum Gasteiger partial charge on any atom is -0.492 e. The van der Waals surface area contributed by atoms with Crippen LogP contribution in [0.5, 0.6) is 5.75 Å². The molecular weight excluding hydrogens is 394 g/mol. The molecule has 1 amide bonds. The molecule has 1 aromatic heterocycles. The largest absolute Gasteiger partial charge is 0.492 e. The number of amides is 1. The van der Waals surface area contributed by atoms with E-state index in [0.29, 0.717) is 22.0 Å². The second-order valence-corrected chi connectivity index (χ2v) is 6.83. The lowest BCUT2D eigenvalue weighted by molar-refractivity contribution is 0.103. The molecule has 0 atom stereocenters. The topological polar surface area (TPSA) is 72.7 Å². The summed E-state index contributed by atoms with van der Waals surface area (Å²) in [5, 5.41) is 2.78. The Kier molecular flexibility index (Phi) is 6.33. The highest BCUT2D eigenvalue weighted by atomic mass is 79.9. The van der Waals surface area contributed by atoms with Crippen LogP contribution < -0.4 is 20.4 Å². The molecule has 0 aliphatic rings. The Labute approximate surface area is 152 Å². The van der Waals surface area contributed by atoms with E-state index in [0.717, 1.165) is 28.0 Å². The number of rotatable bonds is 5. The quantitative estimate of drug-likeness (QED) is 0.821. The smallest absolute Gasteiger partial charge is 0.266 e. The Morgan fingerprint density at radius 2 is 2.17 bits per heavy atom. The number of nitrogens with zero attached hydrogens (tertiary/aromatic N) is 2. The van der Waals surface area contributed by atoms with Crippen LogP contribution in [0.15, 0.2) is 38.5 Å². The number of halogens is 1. The maximum Gasteiger partial charge on any atom is 0.266 e. The first-order chi connectivity index (χ1) is 11.5. The third-order valence-electron chi connectivity index (χ3n) is 3.14. The summed E-state index contributed by atoms with van der Waals surface area (Å²) < 4.78 is 7.73. The SMILES string of the molecule is CCCOc1ccc(NC(=O)c2cc(=O)n(C)c(=NC)s2)cc1Br. The van der Waals surface area contributed by atoms with Crippen LogP contribution in [0.3, 0.4) is 0 Å². The van der Waals surface area contributed by atoms with Crippen LogP contribution in [0, 0.1) is 0 Å². The molecule has 24 heavy (non-hydrogen) atoms. The van der Waals surface area contributed by atoms with Crippen molar-refractivity contribution in [2.45, 2.75) is 13.3 Å². The van der Waals surface area contributed by atoms with Crippen molar-refractivity contribution in [1.29, 1.82) is 0 Å². The number of carbonyl (C=O) groups is 1. The summed E-state index contributed by atoms with van der Waals surface area (Å²) in [5.74, 6) is 0.370. The van der Waals surface area contributed by atoms with E-state index in [9.17, 15) is 9.59 Å². The van der Waals surface area contributed by atoms with Crippen molar-refractivity contribution in [1.82, 2.24) is 4.57 Å². The highest BCUT2D eigenvalue weighted by Gasteiger charge is 2.11. The van der Waals surface area contributed by atoms with Gasteiger partial charge in [-0.3, -0.25) is 19.1 Å². The number of aromatic nitrogens is 1. The summed E-state index contributed by atoms with van der Waals surface area (Å²) >= 11 is 4.58. The predicted molar refractivity (Wildman–Crippen MR) is 98.9 cm³/mol. The van der Waals surface area contributed by atoms with Gasteiger partial charge in [0.1, 0.15) is 10.6 Å². The number of nitrogens with one attached hydrogen (secondary N) is 1. The third-order valence-corrected chi connectivity index (χ3v) is 4.92. The molecule has 0 aliphatic heterocycles. The second kappa shape index (κ2) is 8.25. The van der Waals surface area contributed by atoms with E-state index in [4.69, 9.17) is 4.74 Å². The average molecular weight is 412 g/mol.